The van der Waals surface area contributed by atoms with Crippen molar-refractivity contribution in [2.75, 3.05) is 6.54 Å². The van der Waals surface area contributed by atoms with Crippen LogP contribution in [-0.2, 0) is 4.79 Å². The van der Waals surface area contributed by atoms with Crippen molar-refractivity contribution in [3.8, 4) is 0 Å². The van der Waals surface area contributed by atoms with Crippen LogP contribution in [0.1, 0.15) is 30.1 Å². The Bertz CT molecular complexity index is 412. The first-order valence-electron chi connectivity index (χ1n) is 5.65. The van der Waals surface area contributed by atoms with Gasteiger partial charge in [0.2, 0.25) is 0 Å². The maximum absolute atomic E-state index is 12.1. The fourth-order valence-electron chi connectivity index (χ4n) is 2.17. The standard InChI is InChI=1S/C12H15NO4/c1-8-2-4-13(10(6-8)12(15)16)11(14)9-3-5-17-7-9/h3,5,7-8,10H,2,4,6H2,1H3,(H,15,16). The van der Waals surface area contributed by atoms with E-state index in [1.165, 1.54) is 17.4 Å². The van der Waals surface area contributed by atoms with Crippen molar-refractivity contribution in [3.05, 3.63) is 24.2 Å². The van der Waals surface area contributed by atoms with Gasteiger partial charge in [0, 0.05) is 6.54 Å². The van der Waals surface area contributed by atoms with Crippen LogP contribution in [0.4, 0.5) is 0 Å². The van der Waals surface area contributed by atoms with Crippen molar-refractivity contribution in [1.29, 1.82) is 0 Å². The van der Waals surface area contributed by atoms with Gasteiger partial charge in [-0.1, -0.05) is 6.92 Å². The van der Waals surface area contributed by atoms with E-state index in [-0.39, 0.29) is 5.91 Å². The lowest BCUT2D eigenvalue weighted by Crippen LogP contribution is -2.49. The number of furan rings is 1. The number of hydrogen-bond acceptors (Lipinski definition) is 3. The van der Waals surface area contributed by atoms with Crippen molar-refractivity contribution in [1.82, 2.24) is 4.90 Å². The second kappa shape index (κ2) is 4.61. The summed E-state index contributed by atoms with van der Waals surface area (Å²) in [5, 5.41) is 9.16. The van der Waals surface area contributed by atoms with Gasteiger partial charge in [0.05, 0.1) is 11.8 Å². The third-order valence-electron chi connectivity index (χ3n) is 3.18. The molecule has 2 atom stereocenters. The number of amides is 1. The molecule has 2 heterocycles. The number of rotatable bonds is 2. The first-order chi connectivity index (χ1) is 8.09. The second-order valence-electron chi connectivity index (χ2n) is 4.49. The molecular formula is C12H15NO4. The molecule has 0 spiro atoms. The number of carboxylic acids is 1. The quantitative estimate of drug-likeness (QED) is 0.848. The fourth-order valence-corrected chi connectivity index (χ4v) is 2.17. The van der Waals surface area contributed by atoms with E-state index in [0.29, 0.717) is 24.4 Å². The van der Waals surface area contributed by atoms with E-state index in [0.717, 1.165) is 6.42 Å². The fraction of sp³-hybridized carbons (Fsp3) is 0.500. The highest BCUT2D eigenvalue weighted by Crippen LogP contribution is 2.24. The topological polar surface area (TPSA) is 70.8 Å². The molecule has 1 aliphatic heterocycles. The Morgan fingerprint density at radius 1 is 1.53 bits per heavy atom. The Kier molecular flexibility index (Phi) is 3.17. The molecule has 5 heteroatoms. The number of likely N-dealkylation sites (tertiary alicyclic amines) is 1. The normalized spacial score (nSPS) is 24.6. The summed E-state index contributed by atoms with van der Waals surface area (Å²) in [7, 11) is 0. The van der Waals surface area contributed by atoms with E-state index in [9.17, 15) is 9.59 Å². The molecule has 1 saturated heterocycles. The number of hydrogen-bond donors (Lipinski definition) is 1. The SMILES string of the molecule is CC1CCN(C(=O)c2ccoc2)C(C(=O)O)C1. The largest absolute Gasteiger partial charge is 0.480 e. The lowest BCUT2D eigenvalue weighted by Gasteiger charge is -2.35. The molecule has 1 aliphatic rings. The van der Waals surface area contributed by atoms with Gasteiger partial charge in [0.15, 0.2) is 0 Å². The van der Waals surface area contributed by atoms with Crippen molar-refractivity contribution in [3.63, 3.8) is 0 Å². The zero-order chi connectivity index (χ0) is 12.4. The van der Waals surface area contributed by atoms with Gasteiger partial charge in [0.1, 0.15) is 12.3 Å². The van der Waals surface area contributed by atoms with Crippen molar-refractivity contribution < 1.29 is 19.1 Å². The zero-order valence-electron chi connectivity index (χ0n) is 9.63. The summed E-state index contributed by atoms with van der Waals surface area (Å²) >= 11 is 0. The molecular weight excluding hydrogens is 222 g/mol. The molecule has 1 N–H and O–H groups in total. The minimum Gasteiger partial charge on any atom is -0.480 e. The van der Waals surface area contributed by atoms with Crippen LogP contribution in [0.25, 0.3) is 0 Å². The maximum atomic E-state index is 12.1. The highest BCUT2D eigenvalue weighted by atomic mass is 16.4. The number of nitrogens with zero attached hydrogens (tertiary/aromatic N) is 1. The van der Waals surface area contributed by atoms with E-state index in [4.69, 9.17) is 9.52 Å². The van der Waals surface area contributed by atoms with Crippen molar-refractivity contribution in [2.24, 2.45) is 5.92 Å². The third-order valence-corrected chi connectivity index (χ3v) is 3.18. The Hall–Kier alpha value is -1.78. The van der Waals surface area contributed by atoms with Crippen molar-refractivity contribution in [2.45, 2.75) is 25.8 Å². The third kappa shape index (κ3) is 2.33. The lowest BCUT2D eigenvalue weighted by molar-refractivity contribution is -0.144. The van der Waals surface area contributed by atoms with E-state index in [1.807, 2.05) is 6.92 Å². The highest BCUT2D eigenvalue weighted by Gasteiger charge is 2.35. The molecule has 17 heavy (non-hydrogen) atoms. The number of carbonyl (C=O) groups excluding carboxylic acids is 1. The molecule has 0 bridgehead atoms. The molecule has 0 aromatic carbocycles. The van der Waals surface area contributed by atoms with Gasteiger partial charge >= 0.3 is 5.97 Å². The summed E-state index contributed by atoms with van der Waals surface area (Å²) in [4.78, 5) is 24.7. The molecule has 0 saturated carbocycles. The zero-order valence-corrected chi connectivity index (χ0v) is 9.63. The van der Waals surface area contributed by atoms with Crippen LogP contribution in [0.2, 0.25) is 0 Å². The number of aliphatic carboxylic acids is 1. The average Bonchev–Trinajstić information content (AvgIpc) is 2.81. The lowest BCUT2D eigenvalue weighted by atomic mass is 9.92. The Morgan fingerprint density at radius 3 is 2.88 bits per heavy atom. The van der Waals surface area contributed by atoms with Gasteiger partial charge in [-0.05, 0) is 24.8 Å². The Balaban J connectivity index is 2.18. The summed E-state index contributed by atoms with van der Waals surface area (Å²) < 4.78 is 4.85. The van der Waals surface area contributed by atoms with Crippen LogP contribution in [0.3, 0.4) is 0 Å². The van der Waals surface area contributed by atoms with Gasteiger partial charge in [-0.2, -0.15) is 0 Å². The molecule has 1 aromatic heterocycles. The predicted molar refractivity (Wildman–Crippen MR) is 59.6 cm³/mol. The van der Waals surface area contributed by atoms with Gasteiger partial charge in [-0.15, -0.1) is 0 Å². The van der Waals surface area contributed by atoms with Gasteiger partial charge in [0.25, 0.3) is 5.91 Å². The maximum Gasteiger partial charge on any atom is 0.326 e. The van der Waals surface area contributed by atoms with Gasteiger partial charge in [-0.25, -0.2) is 4.79 Å². The van der Waals surface area contributed by atoms with Gasteiger partial charge in [-0.3, -0.25) is 4.79 Å². The Morgan fingerprint density at radius 2 is 2.29 bits per heavy atom. The van der Waals surface area contributed by atoms with Crippen LogP contribution in [-0.4, -0.2) is 34.5 Å². The van der Waals surface area contributed by atoms with Gasteiger partial charge < -0.3 is 14.4 Å². The summed E-state index contributed by atoms with van der Waals surface area (Å²) in [5.41, 5.74) is 0.408. The molecule has 5 nitrogen and oxygen atoms in total. The summed E-state index contributed by atoms with van der Waals surface area (Å²) in [6.45, 7) is 2.50. The number of carboxylic acid groups (broad SMARTS) is 1. The minimum absolute atomic E-state index is 0.266. The van der Waals surface area contributed by atoms with Crippen LogP contribution in [0, 0.1) is 5.92 Å². The first kappa shape index (κ1) is 11.7. The van der Waals surface area contributed by atoms with Crippen LogP contribution < -0.4 is 0 Å². The van der Waals surface area contributed by atoms with Crippen LogP contribution in [0.5, 0.6) is 0 Å². The molecule has 1 fully saturated rings. The molecule has 0 radical (unpaired) electrons. The van der Waals surface area contributed by atoms with Crippen LogP contribution in [0.15, 0.2) is 23.0 Å². The number of piperidine rings is 1. The number of carbonyl (C=O) groups is 2. The molecule has 0 aliphatic carbocycles. The van der Waals surface area contributed by atoms with E-state index in [1.54, 1.807) is 6.07 Å². The van der Waals surface area contributed by atoms with Crippen molar-refractivity contribution >= 4 is 11.9 Å². The smallest absolute Gasteiger partial charge is 0.326 e. The molecule has 92 valence electrons. The monoisotopic (exact) mass is 237 g/mol. The summed E-state index contributed by atoms with van der Waals surface area (Å²) in [6.07, 6.45) is 4.11. The minimum atomic E-state index is -0.937. The molecule has 1 amide bonds. The van der Waals surface area contributed by atoms with E-state index < -0.39 is 12.0 Å². The van der Waals surface area contributed by atoms with E-state index >= 15 is 0 Å². The first-order valence-corrected chi connectivity index (χ1v) is 5.65. The molecule has 2 rings (SSSR count). The second-order valence-corrected chi connectivity index (χ2v) is 4.49. The summed E-state index contributed by atoms with van der Waals surface area (Å²) in [5.74, 6) is -0.865. The summed E-state index contributed by atoms with van der Waals surface area (Å²) in [6, 6.07) is 0.834. The molecule has 2 unspecified atom stereocenters. The Labute approximate surface area is 99.0 Å². The van der Waals surface area contributed by atoms with E-state index in [2.05, 4.69) is 0 Å². The predicted octanol–water partition coefficient (Wildman–Crippen LogP) is 1.60. The van der Waals surface area contributed by atoms with Crippen LogP contribution >= 0.6 is 0 Å². The molecule has 1 aromatic rings. The average molecular weight is 237 g/mol. The highest BCUT2D eigenvalue weighted by molar-refractivity contribution is 5.96.